The number of nitrogens with one attached hydrogen (secondary N) is 2. The highest BCUT2D eigenvalue weighted by Gasteiger charge is 2.34. The van der Waals surface area contributed by atoms with Gasteiger partial charge in [0.2, 0.25) is 15.9 Å². The smallest absolute Gasteiger partial charge is 0.287 e. The lowest BCUT2D eigenvalue weighted by atomic mass is 10.0. The van der Waals surface area contributed by atoms with Crippen molar-refractivity contribution in [3.8, 4) is 5.75 Å². The Morgan fingerprint density at radius 3 is 2.51 bits per heavy atom. The number of Topliss-reactive ketones (excluding diaryl/α,β-unsaturated/α-hetero) is 1. The number of furan rings is 1. The minimum atomic E-state index is -3.85. The SMILES string of the molecule is CC(C)CC(NC(=O)c1cc2cc(OCCN3CCCC3)ccc2o1)C(=O)N[C@H]1CCCN(S(=O)(=O)c2ccccc2)CC1=O. The molecule has 2 atom stereocenters. The number of amides is 2. The largest absolute Gasteiger partial charge is 0.492 e. The molecule has 45 heavy (non-hydrogen) atoms. The predicted octanol–water partition coefficient (Wildman–Crippen LogP) is 3.59. The molecule has 242 valence electrons. The summed E-state index contributed by atoms with van der Waals surface area (Å²) < 4.78 is 39.1. The number of hydrogen-bond acceptors (Lipinski definition) is 8. The van der Waals surface area contributed by atoms with Gasteiger partial charge in [-0.2, -0.15) is 4.31 Å². The Kier molecular flexibility index (Phi) is 10.6. The Morgan fingerprint density at radius 2 is 1.78 bits per heavy atom. The molecule has 2 N–H and O–H groups in total. The second kappa shape index (κ2) is 14.6. The van der Waals surface area contributed by atoms with Crippen LogP contribution in [0.2, 0.25) is 0 Å². The molecule has 3 aromatic rings. The highest BCUT2D eigenvalue weighted by atomic mass is 32.2. The number of carbonyl (C=O) groups is 3. The van der Waals surface area contributed by atoms with E-state index in [1.165, 1.54) is 25.0 Å². The van der Waals surface area contributed by atoms with Crippen LogP contribution in [-0.4, -0.2) is 86.6 Å². The minimum absolute atomic E-state index is 0.0630. The Labute approximate surface area is 264 Å². The van der Waals surface area contributed by atoms with E-state index in [1.54, 1.807) is 30.3 Å². The van der Waals surface area contributed by atoms with Gasteiger partial charge in [0, 0.05) is 18.5 Å². The van der Waals surface area contributed by atoms with Crippen LogP contribution in [0, 0.1) is 5.92 Å². The van der Waals surface area contributed by atoms with E-state index in [0.29, 0.717) is 42.6 Å². The maximum Gasteiger partial charge on any atom is 0.287 e. The van der Waals surface area contributed by atoms with E-state index in [0.717, 1.165) is 23.9 Å². The minimum Gasteiger partial charge on any atom is -0.492 e. The molecular formula is C33H42N4O7S. The molecule has 2 fully saturated rings. The van der Waals surface area contributed by atoms with Crippen molar-refractivity contribution in [2.45, 2.75) is 62.9 Å². The molecule has 12 heteroatoms. The summed E-state index contributed by atoms with van der Waals surface area (Å²) in [6.07, 6.45) is 3.48. The van der Waals surface area contributed by atoms with Gasteiger partial charge in [-0.1, -0.05) is 32.0 Å². The molecule has 2 saturated heterocycles. The Morgan fingerprint density at radius 1 is 1.02 bits per heavy atom. The molecule has 2 aliphatic rings. The van der Waals surface area contributed by atoms with Crippen LogP contribution in [0.1, 0.15) is 56.5 Å². The lowest BCUT2D eigenvalue weighted by Gasteiger charge is -2.23. The van der Waals surface area contributed by atoms with E-state index in [1.807, 2.05) is 26.0 Å². The van der Waals surface area contributed by atoms with Crippen LogP contribution in [0.3, 0.4) is 0 Å². The number of ether oxygens (including phenoxy) is 1. The highest BCUT2D eigenvalue weighted by Crippen LogP contribution is 2.25. The van der Waals surface area contributed by atoms with E-state index < -0.39 is 39.7 Å². The second-order valence-electron chi connectivity index (χ2n) is 12.2. The number of benzene rings is 2. The molecule has 3 heterocycles. The monoisotopic (exact) mass is 638 g/mol. The van der Waals surface area contributed by atoms with E-state index in [2.05, 4.69) is 15.5 Å². The summed E-state index contributed by atoms with van der Waals surface area (Å²) in [5, 5.41) is 6.27. The van der Waals surface area contributed by atoms with Gasteiger partial charge in [-0.3, -0.25) is 19.3 Å². The molecule has 2 aliphatic heterocycles. The van der Waals surface area contributed by atoms with Crippen LogP contribution < -0.4 is 15.4 Å². The molecule has 0 saturated carbocycles. The summed E-state index contributed by atoms with van der Waals surface area (Å²) in [6.45, 7) is 7.34. The van der Waals surface area contributed by atoms with Gasteiger partial charge in [0.25, 0.3) is 5.91 Å². The Bertz CT molecular complexity index is 1600. The van der Waals surface area contributed by atoms with Gasteiger partial charge in [-0.25, -0.2) is 8.42 Å². The van der Waals surface area contributed by atoms with Crippen molar-refractivity contribution in [3.05, 3.63) is 60.4 Å². The predicted molar refractivity (Wildman–Crippen MR) is 169 cm³/mol. The molecule has 2 amide bonds. The first-order chi connectivity index (χ1) is 21.6. The van der Waals surface area contributed by atoms with Crippen molar-refractivity contribution >= 4 is 38.6 Å². The zero-order valence-electron chi connectivity index (χ0n) is 25.9. The van der Waals surface area contributed by atoms with Crippen molar-refractivity contribution in [2.75, 3.05) is 39.3 Å². The van der Waals surface area contributed by atoms with Gasteiger partial charge in [0.05, 0.1) is 17.5 Å². The van der Waals surface area contributed by atoms with E-state index in [4.69, 9.17) is 9.15 Å². The van der Waals surface area contributed by atoms with Crippen LogP contribution >= 0.6 is 0 Å². The van der Waals surface area contributed by atoms with Crippen molar-refractivity contribution in [2.24, 2.45) is 5.92 Å². The molecule has 1 unspecified atom stereocenters. The molecular weight excluding hydrogens is 596 g/mol. The molecule has 0 bridgehead atoms. The van der Waals surface area contributed by atoms with Crippen molar-refractivity contribution in [3.63, 3.8) is 0 Å². The van der Waals surface area contributed by atoms with Gasteiger partial charge in [0.1, 0.15) is 24.0 Å². The number of ketones is 1. The number of rotatable bonds is 12. The average Bonchev–Trinajstić information content (AvgIpc) is 3.65. The van der Waals surface area contributed by atoms with Crippen molar-refractivity contribution < 1.29 is 32.0 Å². The van der Waals surface area contributed by atoms with Crippen molar-refractivity contribution in [1.82, 2.24) is 19.8 Å². The van der Waals surface area contributed by atoms with Gasteiger partial charge in [0.15, 0.2) is 11.5 Å². The number of sulfonamides is 1. The number of fused-ring (bicyclic) bond motifs is 1. The fourth-order valence-electron chi connectivity index (χ4n) is 5.82. The number of hydrogen-bond donors (Lipinski definition) is 2. The molecule has 0 aliphatic carbocycles. The fourth-order valence-corrected chi connectivity index (χ4v) is 7.29. The molecule has 0 radical (unpaired) electrons. The van der Waals surface area contributed by atoms with Crippen LogP contribution in [0.25, 0.3) is 11.0 Å². The summed E-state index contributed by atoms with van der Waals surface area (Å²) in [5.41, 5.74) is 0.524. The quantitative estimate of drug-likeness (QED) is 0.307. The topological polar surface area (TPSA) is 138 Å². The third-order valence-electron chi connectivity index (χ3n) is 8.23. The molecule has 11 nitrogen and oxygen atoms in total. The van der Waals surface area contributed by atoms with Crippen LogP contribution in [-0.2, 0) is 19.6 Å². The number of nitrogens with zero attached hydrogens (tertiary/aromatic N) is 2. The first-order valence-electron chi connectivity index (χ1n) is 15.7. The third-order valence-corrected chi connectivity index (χ3v) is 10.1. The Balaban J connectivity index is 1.20. The fraction of sp³-hybridized carbons (Fsp3) is 0.485. The average molecular weight is 639 g/mol. The molecule has 2 aromatic carbocycles. The van der Waals surface area contributed by atoms with Gasteiger partial charge in [-0.15, -0.1) is 0 Å². The van der Waals surface area contributed by atoms with E-state index in [9.17, 15) is 22.8 Å². The summed E-state index contributed by atoms with van der Waals surface area (Å²) in [4.78, 5) is 42.3. The van der Waals surface area contributed by atoms with E-state index >= 15 is 0 Å². The molecule has 1 aromatic heterocycles. The maximum atomic E-state index is 13.4. The zero-order valence-corrected chi connectivity index (χ0v) is 26.7. The van der Waals surface area contributed by atoms with Gasteiger partial charge < -0.3 is 19.8 Å². The summed E-state index contributed by atoms with van der Waals surface area (Å²) in [7, 11) is -3.85. The third kappa shape index (κ3) is 8.30. The van der Waals surface area contributed by atoms with Crippen LogP contribution in [0.5, 0.6) is 5.75 Å². The highest BCUT2D eigenvalue weighted by molar-refractivity contribution is 7.89. The van der Waals surface area contributed by atoms with Gasteiger partial charge >= 0.3 is 0 Å². The van der Waals surface area contributed by atoms with Crippen molar-refractivity contribution in [1.29, 1.82) is 0 Å². The standard InChI is InChI=1S/C33H42N4O7S/c1-23(2)19-28(32(39)34-27-11-8-16-37(22-29(27)38)45(41,42)26-9-4-3-5-10-26)35-33(40)31-21-24-20-25(12-13-30(24)44-31)43-18-17-36-14-6-7-15-36/h3-5,9-10,12-13,20-21,23,27-28H,6-8,11,14-19,22H2,1-2H3,(H,34,39)(H,35,40)/t27-,28?/m0/s1. The summed E-state index contributed by atoms with van der Waals surface area (Å²) in [6, 6.07) is 13.2. The van der Waals surface area contributed by atoms with Crippen LogP contribution in [0.15, 0.2) is 63.9 Å². The van der Waals surface area contributed by atoms with Gasteiger partial charge in [-0.05, 0) is 87.5 Å². The summed E-state index contributed by atoms with van der Waals surface area (Å²) in [5.74, 6) is -0.628. The first kappa shape index (κ1) is 32.6. The summed E-state index contributed by atoms with van der Waals surface area (Å²) >= 11 is 0. The maximum absolute atomic E-state index is 13.4. The molecule has 0 spiro atoms. The second-order valence-corrected chi connectivity index (χ2v) is 14.1. The Hall–Kier alpha value is -3.74. The van der Waals surface area contributed by atoms with E-state index in [-0.39, 0.29) is 29.7 Å². The first-order valence-corrected chi connectivity index (χ1v) is 17.1. The van der Waals surface area contributed by atoms with Crippen LogP contribution in [0.4, 0.5) is 0 Å². The lowest BCUT2D eigenvalue weighted by molar-refractivity contribution is -0.129. The zero-order chi connectivity index (χ0) is 32.0. The number of carbonyl (C=O) groups excluding carboxylic acids is 3. The normalized spacial score (nSPS) is 19.0. The lowest BCUT2D eigenvalue weighted by Crippen LogP contribution is -2.52. The molecule has 5 rings (SSSR count). The number of likely N-dealkylation sites (tertiary alicyclic amines) is 1.